The molecule has 102 valence electrons. The molecule has 0 atom stereocenters. The number of nitrogens with one attached hydrogen (secondary N) is 1. The van der Waals surface area contributed by atoms with Gasteiger partial charge in [-0.15, -0.1) is 11.3 Å². The molecule has 1 aromatic carbocycles. The molecule has 1 aliphatic rings. The van der Waals surface area contributed by atoms with E-state index in [1.54, 1.807) is 0 Å². The van der Waals surface area contributed by atoms with Gasteiger partial charge in [0.1, 0.15) is 0 Å². The van der Waals surface area contributed by atoms with Gasteiger partial charge in [-0.2, -0.15) is 0 Å². The van der Waals surface area contributed by atoms with Crippen molar-refractivity contribution in [2.75, 3.05) is 0 Å². The maximum Gasteiger partial charge on any atom is 0.0348 e. The Hall–Kier alpha value is -1.12. The molecule has 0 radical (unpaired) electrons. The van der Waals surface area contributed by atoms with Crippen LogP contribution in [0.15, 0.2) is 36.4 Å². The van der Waals surface area contributed by atoms with Crippen molar-refractivity contribution >= 4 is 11.3 Å². The quantitative estimate of drug-likeness (QED) is 0.826. The van der Waals surface area contributed by atoms with Gasteiger partial charge in [-0.05, 0) is 43.0 Å². The fourth-order valence-electron chi connectivity index (χ4n) is 2.04. The normalized spacial score (nSPS) is 13.8. The Balaban J connectivity index is 0.000000637. The largest absolute Gasteiger partial charge is 0.310 e. The van der Waals surface area contributed by atoms with Crippen LogP contribution in [0, 0.1) is 6.92 Å². The summed E-state index contributed by atoms with van der Waals surface area (Å²) in [6, 6.07) is 13.9. The van der Waals surface area contributed by atoms with Crippen LogP contribution in [0.3, 0.4) is 0 Å². The number of thiophene rings is 1. The van der Waals surface area contributed by atoms with E-state index in [1.165, 1.54) is 33.7 Å². The SMILES string of the molecule is CC.Cc1ccc(-c2ccccc2CNC2CC2)s1. The Kier molecular flexibility index (Phi) is 5.17. The average molecular weight is 273 g/mol. The van der Waals surface area contributed by atoms with Crippen LogP contribution in [0.1, 0.15) is 37.1 Å². The van der Waals surface area contributed by atoms with E-state index < -0.39 is 0 Å². The van der Waals surface area contributed by atoms with Gasteiger partial charge in [0.15, 0.2) is 0 Å². The van der Waals surface area contributed by atoms with Gasteiger partial charge in [-0.1, -0.05) is 38.1 Å². The molecule has 1 nitrogen and oxygen atoms in total. The van der Waals surface area contributed by atoms with Gasteiger partial charge < -0.3 is 5.32 Å². The molecule has 1 aliphatic carbocycles. The Morgan fingerprint density at radius 3 is 2.47 bits per heavy atom. The van der Waals surface area contributed by atoms with Crippen LogP contribution in [0.25, 0.3) is 10.4 Å². The zero-order valence-electron chi connectivity index (χ0n) is 12.1. The highest BCUT2D eigenvalue weighted by molar-refractivity contribution is 7.15. The third-order valence-corrected chi connectivity index (χ3v) is 4.22. The Bertz CT molecular complexity index is 511. The highest BCUT2D eigenvalue weighted by Gasteiger charge is 2.20. The molecule has 2 heteroatoms. The molecule has 2 aromatic rings. The summed E-state index contributed by atoms with van der Waals surface area (Å²) in [7, 11) is 0. The van der Waals surface area contributed by atoms with Crippen LogP contribution in [0.5, 0.6) is 0 Å². The molecule has 0 amide bonds. The molecule has 1 heterocycles. The van der Waals surface area contributed by atoms with Crippen LogP contribution in [-0.4, -0.2) is 6.04 Å². The first-order chi connectivity index (χ1) is 9.33. The van der Waals surface area contributed by atoms with E-state index in [4.69, 9.17) is 0 Å². The van der Waals surface area contributed by atoms with Gasteiger partial charge in [0, 0.05) is 22.3 Å². The van der Waals surface area contributed by atoms with Gasteiger partial charge in [0.2, 0.25) is 0 Å². The topological polar surface area (TPSA) is 12.0 Å². The molecule has 1 fully saturated rings. The molecule has 0 unspecified atom stereocenters. The van der Waals surface area contributed by atoms with Gasteiger partial charge in [-0.3, -0.25) is 0 Å². The van der Waals surface area contributed by atoms with Crippen molar-refractivity contribution in [1.29, 1.82) is 0 Å². The van der Waals surface area contributed by atoms with E-state index in [0.717, 1.165) is 12.6 Å². The van der Waals surface area contributed by atoms with E-state index in [2.05, 4.69) is 48.6 Å². The second kappa shape index (κ2) is 6.88. The monoisotopic (exact) mass is 273 g/mol. The standard InChI is InChI=1S/C15H17NS.C2H6/c1-11-6-9-15(17-11)14-5-3-2-4-12(14)10-16-13-7-8-13;1-2/h2-6,9,13,16H,7-8,10H2,1H3;1-2H3. The Labute approximate surface area is 120 Å². The van der Waals surface area contributed by atoms with Crippen LogP contribution in [0.4, 0.5) is 0 Å². The van der Waals surface area contributed by atoms with Crippen molar-refractivity contribution in [3.05, 3.63) is 46.8 Å². The lowest BCUT2D eigenvalue weighted by molar-refractivity contribution is 0.689. The van der Waals surface area contributed by atoms with Gasteiger partial charge >= 0.3 is 0 Å². The Morgan fingerprint density at radius 1 is 1.11 bits per heavy atom. The molecular weight excluding hydrogens is 250 g/mol. The summed E-state index contributed by atoms with van der Waals surface area (Å²) in [6.45, 7) is 7.16. The first-order valence-corrected chi connectivity index (χ1v) is 8.03. The molecule has 1 N–H and O–H groups in total. The van der Waals surface area contributed by atoms with E-state index in [0.29, 0.717) is 0 Å². The minimum Gasteiger partial charge on any atom is -0.310 e. The highest BCUT2D eigenvalue weighted by atomic mass is 32.1. The second-order valence-corrected chi connectivity index (χ2v) is 6.01. The molecule has 0 aliphatic heterocycles. The second-order valence-electron chi connectivity index (χ2n) is 4.72. The molecule has 3 rings (SSSR count). The maximum absolute atomic E-state index is 3.59. The maximum atomic E-state index is 3.59. The molecule has 0 spiro atoms. The lowest BCUT2D eigenvalue weighted by Crippen LogP contribution is -2.15. The lowest BCUT2D eigenvalue weighted by atomic mass is 10.1. The minimum atomic E-state index is 0.771. The van der Waals surface area contributed by atoms with Crippen molar-refractivity contribution in [2.45, 2.75) is 46.2 Å². The first kappa shape index (κ1) is 14.3. The summed E-state index contributed by atoms with van der Waals surface area (Å²) < 4.78 is 0. The smallest absolute Gasteiger partial charge is 0.0348 e. The van der Waals surface area contributed by atoms with E-state index in [9.17, 15) is 0 Å². The average Bonchev–Trinajstić information content (AvgIpc) is 3.20. The van der Waals surface area contributed by atoms with E-state index in [-0.39, 0.29) is 0 Å². The molecule has 1 saturated carbocycles. The summed E-state index contributed by atoms with van der Waals surface area (Å²) in [5.74, 6) is 0. The van der Waals surface area contributed by atoms with Gasteiger partial charge in [0.25, 0.3) is 0 Å². The zero-order chi connectivity index (χ0) is 13.7. The summed E-state index contributed by atoms with van der Waals surface area (Å²) >= 11 is 1.88. The van der Waals surface area contributed by atoms with Gasteiger partial charge in [0.05, 0.1) is 0 Å². The summed E-state index contributed by atoms with van der Waals surface area (Å²) in [5.41, 5.74) is 2.81. The molecule has 19 heavy (non-hydrogen) atoms. The molecule has 0 saturated heterocycles. The third kappa shape index (κ3) is 3.92. The summed E-state index contributed by atoms with van der Waals surface area (Å²) in [5, 5.41) is 3.59. The van der Waals surface area contributed by atoms with Crippen molar-refractivity contribution in [2.24, 2.45) is 0 Å². The van der Waals surface area contributed by atoms with Crippen LogP contribution in [-0.2, 0) is 6.54 Å². The number of hydrogen-bond donors (Lipinski definition) is 1. The molecule has 0 bridgehead atoms. The predicted molar refractivity (Wildman–Crippen MR) is 85.7 cm³/mol. The summed E-state index contributed by atoms with van der Waals surface area (Å²) in [4.78, 5) is 2.76. The van der Waals surface area contributed by atoms with Crippen molar-refractivity contribution in [3.8, 4) is 10.4 Å². The molecule has 1 aromatic heterocycles. The summed E-state index contributed by atoms with van der Waals surface area (Å²) in [6.07, 6.45) is 2.69. The fourth-order valence-corrected chi connectivity index (χ4v) is 2.96. The van der Waals surface area contributed by atoms with Crippen LogP contribution < -0.4 is 5.32 Å². The van der Waals surface area contributed by atoms with E-state index in [1.807, 2.05) is 25.2 Å². The number of benzene rings is 1. The van der Waals surface area contributed by atoms with Crippen molar-refractivity contribution in [1.82, 2.24) is 5.32 Å². The number of hydrogen-bond acceptors (Lipinski definition) is 2. The van der Waals surface area contributed by atoms with E-state index >= 15 is 0 Å². The van der Waals surface area contributed by atoms with Crippen LogP contribution in [0.2, 0.25) is 0 Å². The van der Waals surface area contributed by atoms with Crippen molar-refractivity contribution < 1.29 is 0 Å². The minimum absolute atomic E-state index is 0.771. The third-order valence-electron chi connectivity index (χ3n) is 3.18. The van der Waals surface area contributed by atoms with Crippen molar-refractivity contribution in [3.63, 3.8) is 0 Å². The Morgan fingerprint density at radius 2 is 1.84 bits per heavy atom. The predicted octanol–water partition coefficient (Wildman–Crippen LogP) is 5.00. The highest BCUT2D eigenvalue weighted by Crippen LogP contribution is 2.30. The first-order valence-electron chi connectivity index (χ1n) is 7.21. The fraction of sp³-hybridized carbons (Fsp3) is 0.412. The van der Waals surface area contributed by atoms with Gasteiger partial charge in [-0.25, -0.2) is 0 Å². The lowest BCUT2D eigenvalue weighted by Gasteiger charge is -2.08. The molecular formula is C17H23NS. The zero-order valence-corrected chi connectivity index (χ0v) is 12.9. The number of aryl methyl sites for hydroxylation is 1. The number of rotatable bonds is 4. The van der Waals surface area contributed by atoms with Crippen LogP contribution >= 0.6 is 11.3 Å².